The van der Waals surface area contributed by atoms with Crippen LogP contribution in [0.5, 0.6) is 0 Å². The predicted octanol–water partition coefficient (Wildman–Crippen LogP) is 1.84. The van der Waals surface area contributed by atoms with Gasteiger partial charge in [0.25, 0.3) is 11.5 Å². The van der Waals surface area contributed by atoms with E-state index in [2.05, 4.69) is 10.4 Å². The number of rotatable bonds is 6. The second kappa shape index (κ2) is 6.56. The summed E-state index contributed by atoms with van der Waals surface area (Å²) >= 11 is 0. The van der Waals surface area contributed by atoms with Crippen molar-refractivity contribution in [1.82, 2.24) is 15.1 Å². The molecule has 1 N–H and O–H groups in total. The monoisotopic (exact) mass is 345 g/mol. The van der Waals surface area contributed by atoms with Gasteiger partial charge in [-0.1, -0.05) is 0 Å². The molecule has 4 fully saturated rings. The smallest absolute Gasteiger partial charge is 0.271 e. The number of amides is 1. The number of aromatic nitrogens is 2. The fraction of sp³-hybridized carbons (Fsp3) is 0.737. The summed E-state index contributed by atoms with van der Waals surface area (Å²) in [5.41, 5.74) is 0.393. The standard InChI is InChI=1S/C19H27N3O3/c1-25-5-4-22-17(23)3-2-16(21-22)18(24)20-12-19-9-13-6-14(10-19)8-15(7-13)11-19/h2-3,13-15H,4-12H2,1H3,(H,20,24). The topological polar surface area (TPSA) is 73.2 Å². The first-order chi connectivity index (χ1) is 12.1. The minimum atomic E-state index is -0.213. The summed E-state index contributed by atoms with van der Waals surface area (Å²) in [5, 5.41) is 7.30. The van der Waals surface area contributed by atoms with Gasteiger partial charge in [0, 0.05) is 19.7 Å². The van der Waals surface area contributed by atoms with Crippen LogP contribution in [-0.2, 0) is 11.3 Å². The molecule has 0 radical (unpaired) electrons. The van der Waals surface area contributed by atoms with Crippen LogP contribution in [0.25, 0.3) is 0 Å². The fourth-order valence-electron chi connectivity index (χ4n) is 5.77. The van der Waals surface area contributed by atoms with Gasteiger partial charge < -0.3 is 10.1 Å². The van der Waals surface area contributed by atoms with Crippen molar-refractivity contribution in [3.05, 3.63) is 28.2 Å². The Hall–Kier alpha value is -1.69. The molecule has 4 bridgehead atoms. The average Bonchev–Trinajstić information content (AvgIpc) is 2.58. The van der Waals surface area contributed by atoms with Crippen LogP contribution in [-0.4, -0.2) is 35.9 Å². The molecule has 0 aliphatic heterocycles. The summed E-state index contributed by atoms with van der Waals surface area (Å²) in [5.74, 6) is 2.44. The molecule has 4 aliphatic rings. The zero-order valence-corrected chi connectivity index (χ0v) is 14.9. The second-order valence-electron chi connectivity index (χ2n) is 8.37. The van der Waals surface area contributed by atoms with Crippen LogP contribution in [0, 0.1) is 23.2 Å². The maximum absolute atomic E-state index is 12.6. The molecule has 25 heavy (non-hydrogen) atoms. The Morgan fingerprint density at radius 2 is 1.88 bits per heavy atom. The summed E-state index contributed by atoms with van der Waals surface area (Å²) in [6, 6.07) is 2.92. The number of carbonyl (C=O) groups is 1. The van der Waals surface area contributed by atoms with Gasteiger partial charge in [-0.05, 0) is 67.8 Å². The molecule has 0 aromatic carbocycles. The van der Waals surface area contributed by atoms with Crippen LogP contribution in [0.4, 0.5) is 0 Å². The minimum absolute atomic E-state index is 0.179. The van der Waals surface area contributed by atoms with Gasteiger partial charge in [-0.15, -0.1) is 0 Å². The number of carbonyl (C=O) groups excluding carboxylic acids is 1. The highest BCUT2D eigenvalue weighted by atomic mass is 16.5. The third-order valence-corrected chi connectivity index (χ3v) is 6.40. The molecule has 6 nitrogen and oxygen atoms in total. The van der Waals surface area contributed by atoms with Gasteiger partial charge >= 0.3 is 0 Å². The molecular weight excluding hydrogens is 318 g/mol. The Kier molecular flexibility index (Phi) is 4.40. The van der Waals surface area contributed by atoms with E-state index in [1.54, 1.807) is 7.11 Å². The van der Waals surface area contributed by atoms with Gasteiger partial charge in [0.2, 0.25) is 0 Å². The van der Waals surface area contributed by atoms with Crippen LogP contribution < -0.4 is 10.9 Å². The highest BCUT2D eigenvalue weighted by Crippen LogP contribution is 2.59. The van der Waals surface area contributed by atoms with Crippen LogP contribution in [0.2, 0.25) is 0 Å². The van der Waals surface area contributed by atoms with Gasteiger partial charge in [-0.3, -0.25) is 9.59 Å². The Morgan fingerprint density at radius 3 is 2.48 bits per heavy atom. The number of methoxy groups -OCH3 is 1. The second-order valence-corrected chi connectivity index (χ2v) is 8.37. The number of ether oxygens (including phenoxy) is 1. The molecule has 0 saturated heterocycles. The summed E-state index contributed by atoms with van der Waals surface area (Å²) < 4.78 is 6.28. The van der Waals surface area contributed by atoms with E-state index < -0.39 is 0 Å². The summed E-state index contributed by atoms with van der Waals surface area (Å²) in [4.78, 5) is 24.4. The SMILES string of the molecule is COCCn1nc(C(=O)NCC23CC4CC(CC(C4)C2)C3)ccc1=O. The van der Waals surface area contributed by atoms with Gasteiger partial charge in [-0.25, -0.2) is 4.68 Å². The molecule has 1 heterocycles. The van der Waals surface area contributed by atoms with Gasteiger partial charge in [0.1, 0.15) is 5.69 Å². The molecule has 136 valence electrons. The first-order valence-electron chi connectivity index (χ1n) is 9.42. The maximum atomic E-state index is 12.6. The van der Waals surface area contributed by atoms with Crippen molar-refractivity contribution in [3.63, 3.8) is 0 Å². The maximum Gasteiger partial charge on any atom is 0.271 e. The summed E-state index contributed by atoms with van der Waals surface area (Å²) in [6.07, 6.45) is 8.00. The molecule has 4 aliphatic carbocycles. The Labute approximate surface area is 147 Å². The Bertz CT molecular complexity index is 677. The van der Waals surface area contributed by atoms with E-state index in [0.29, 0.717) is 24.3 Å². The van der Waals surface area contributed by atoms with Crippen molar-refractivity contribution in [1.29, 1.82) is 0 Å². The van der Waals surface area contributed by atoms with Gasteiger partial charge in [0.05, 0.1) is 13.2 Å². The molecule has 1 aromatic heterocycles. The third kappa shape index (κ3) is 3.36. The van der Waals surface area contributed by atoms with Gasteiger partial charge in [-0.2, -0.15) is 5.10 Å². The number of nitrogens with one attached hydrogen (secondary N) is 1. The Balaban J connectivity index is 1.42. The molecule has 1 aromatic rings. The van der Waals surface area contributed by atoms with Crippen molar-refractivity contribution < 1.29 is 9.53 Å². The van der Waals surface area contributed by atoms with Crippen molar-refractivity contribution in [2.75, 3.05) is 20.3 Å². The molecule has 0 unspecified atom stereocenters. The lowest BCUT2D eigenvalue weighted by Crippen LogP contribution is -2.51. The quantitative estimate of drug-likeness (QED) is 0.854. The number of nitrogens with zero attached hydrogens (tertiary/aromatic N) is 2. The van der Waals surface area contributed by atoms with Gasteiger partial charge in [0.15, 0.2) is 0 Å². The molecular formula is C19H27N3O3. The minimum Gasteiger partial charge on any atom is -0.383 e. The van der Waals surface area contributed by atoms with Crippen molar-refractivity contribution in [2.24, 2.45) is 23.2 Å². The fourth-order valence-corrected chi connectivity index (χ4v) is 5.77. The van der Waals surface area contributed by atoms with E-state index in [-0.39, 0.29) is 11.5 Å². The first-order valence-corrected chi connectivity index (χ1v) is 9.42. The molecule has 0 spiro atoms. The average molecular weight is 345 g/mol. The highest BCUT2D eigenvalue weighted by Gasteiger charge is 2.50. The van der Waals surface area contributed by atoms with Crippen molar-refractivity contribution in [2.45, 2.75) is 45.1 Å². The predicted molar refractivity (Wildman–Crippen MR) is 93.3 cm³/mol. The van der Waals surface area contributed by atoms with Crippen molar-refractivity contribution in [3.8, 4) is 0 Å². The van der Waals surface area contributed by atoms with E-state index in [9.17, 15) is 9.59 Å². The third-order valence-electron chi connectivity index (χ3n) is 6.40. The summed E-state index contributed by atoms with van der Waals surface area (Å²) in [7, 11) is 1.58. The summed E-state index contributed by atoms with van der Waals surface area (Å²) in [6.45, 7) is 1.49. The number of hydrogen-bond donors (Lipinski definition) is 1. The lowest BCUT2D eigenvalue weighted by Gasteiger charge is -2.56. The van der Waals surface area contributed by atoms with Crippen LogP contribution >= 0.6 is 0 Å². The van der Waals surface area contributed by atoms with Crippen LogP contribution in [0.3, 0.4) is 0 Å². The van der Waals surface area contributed by atoms with Crippen molar-refractivity contribution >= 4 is 5.91 Å². The molecule has 0 atom stereocenters. The zero-order chi connectivity index (χ0) is 17.4. The Morgan fingerprint density at radius 1 is 1.24 bits per heavy atom. The molecule has 4 saturated carbocycles. The van der Waals surface area contributed by atoms with E-state index in [1.165, 1.54) is 55.3 Å². The molecule has 6 heteroatoms. The van der Waals surface area contributed by atoms with E-state index >= 15 is 0 Å². The first kappa shape index (κ1) is 16.8. The largest absolute Gasteiger partial charge is 0.383 e. The lowest BCUT2D eigenvalue weighted by atomic mass is 9.49. The van der Waals surface area contributed by atoms with E-state index in [1.807, 2.05) is 0 Å². The number of hydrogen-bond acceptors (Lipinski definition) is 4. The molecule has 1 amide bonds. The normalized spacial score (nSPS) is 32.8. The van der Waals surface area contributed by atoms with Crippen LogP contribution in [0.1, 0.15) is 49.0 Å². The highest BCUT2D eigenvalue weighted by molar-refractivity contribution is 5.92. The zero-order valence-electron chi connectivity index (χ0n) is 14.9. The van der Waals surface area contributed by atoms with E-state index in [4.69, 9.17) is 4.74 Å². The van der Waals surface area contributed by atoms with E-state index in [0.717, 1.165) is 24.3 Å². The molecule has 5 rings (SSSR count). The lowest BCUT2D eigenvalue weighted by molar-refractivity contribution is -0.0503. The van der Waals surface area contributed by atoms with Crippen LogP contribution in [0.15, 0.2) is 16.9 Å².